The van der Waals surface area contributed by atoms with Gasteiger partial charge in [0.1, 0.15) is 0 Å². The number of nitrogens with one attached hydrogen (secondary N) is 1. The van der Waals surface area contributed by atoms with Gasteiger partial charge >= 0.3 is 0 Å². The second kappa shape index (κ2) is 5.53. The molecule has 0 aliphatic heterocycles. The maximum absolute atomic E-state index is 3.90. The van der Waals surface area contributed by atoms with E-state index in [2.05, 4.69) is 39.9 Å². The van der Waals surface area contributed by atoms with Gasteiger partial charge in [0.25, 0.3) is 0 Å². The Morgan fingerprint density at radius 1 is 1.11 bits per heavy atom. The van der Waals surface area contributed by atoms with Crippen molar-refractivity contribution in [1.29, 1.82) is 0 Å². The van der Waals surface area contributed by atoms with Crippen LogP contribution in [0.3, 0.4) is 0 Å². The van der Waals surface area contributed by atoms with Gasteiger partial charge in [-0.3, -0.25) is 0 Å². The minimum absolute atomic E-state index is 0.606. The van der Waals surface area contributed by atoms with Crippen LogP contribution < -0.4 is 5.32 Å². The van der Waals surface area contributed by atoms with Gasteiger partial charge in [0, 0.05) is 6.04 Å². The third-order valence-electron chi connectivity index (χ3n) is 5.38. The lowest BCUT2D eigenvalue weighted by Crippen LogP contribution is -2.42. The van der Waals surface area contributed by atoms with Crippen LogP contribution >= 0.6 is 0 Å². The largest absolute Gasteiger partial charge is 0.313 e. The van der Waals surface area contributed by atoms with Crippen LogP contribution in [0.25, 0.3) is 0 Å². The zero-order valence-electron chi connectivity index (χ0n) is 13.1. The topological polar surface area (TPSA) is 12.0 Å². The van der Waals surface area contributed by atoms with Crippen LogP contribution in [0.15, 0.2) is 0 Å². The molecule has 0 heterocycles. The van der Waals surface area contributed by atoms with E-state index < -0.39 is 0 Å². The summed E-state index contributed by atoms with van der Waals surface area (Å²) in [6.45, 7) is 13.3. The molecule has 2 rings (SSSR count). The highest BCUT2D eigenvalue weighted by Crippen LogP contribution is 2.56. The summed E-state index contributed by atoms with van der Waals surface area (Å²) in [5.41, 5.74) is 0.606. The molecule has 1 heteroatoms. The summed E-state index contributed by atoms with van der Waals surface area (Å²) in [5.74, 6) is 3.74. The lowest BCUT2D eigenvalue weighted by atomic mass is 9.72. The van der Waals surface area contributed by atoms with Gasteiger partial charge in [-0.1, -0.05) is 34.6 Å². The minimum Gasteiger partial charge on any atom is -0.313 e. The van der Waals surface area contributed by atoms with Crippen LogP contribution in [0.2, 0.25) is 0 Å². The Bertz CT molecular complexity index is 261. The van der Waals surface area contributed by atoms with Crippen LogP contribution in [0.5, 0.6) is 0 Å². The summed E-state index contributed by atoms with van der Waals surface area (Å²) in [6, 6.07) is 0.796. The first kappa shape index (κ1) is 14.4. The summed E-state index contributed by atoms with van der Waals surface area (Å²) in [6.07, 6.45) is 7.07. The Labute approximate surface area is 114 Å². The SMILES string of the molecule is CCCNC(C1CC(C)CC(C)C1)C1CC1(C)C. The van der Waals surface area contributed by atoms with Gasteiger partial charge in [-0.2, -0.15) is 0 Å². The molecule has 2 aliphatic carbocycles. The first-order valence-corrected chi connectivity index (χ1v) is 8.17. The molecule has 1 nitrogen and oxygen atoms in total. The molecule has 106 valence electrons. The lowest BCUT2D eigenvalue weighted by molar-refractivity contribution is 0.158. The van der Waals surface area contributed by atoms with E-state index in [1.807, 2.05) is 0 Å². The Morgan fingerprint density at radius 2 is 1.67 bits per heavy atom. The van der Waals surface area contributed by atoms with E-state index in [-0.39, 0.29) is 0 Å². The molecular weight excluding hydrogens is 218 g/mol. The monoisotopic (exact) mass is 251 g/mol. The fraction of sp³-hybridized carbons (Fsp3) is 1.00. The second-order valence-electron chi connectivity index (χ2n) is 7.96. The molecule has 2 aliphatic rings. The van der Waals surface area contributed by atoms with Gasteiger partial charge in [-0.05, 0) is 67.7 Å². The summed E-state index contributed by atoms with van der Waals surface area (Å²) in [5, 5.41) is 3.90. The van der Waals surface area contributed by atoms with Gasteiger partial charge in [0.2, 0.25) is 0 Å². The van der Waals surface area contributed by atoms with E-state index in [9.17, 15) is 0 Å². The van der Waals surface area contributed by atoms with Crippen molar-refractivity contribution in [2.45, 2.75) is 72.8 Å². The van der Waals surface area contributed by atoms with Crippen molar-refractivity contribution >= 4 is 0 Å². The normalized spacial score (nSPS) is 40.5. The quantitative estimate of drug-likeness (QED) is 0.760. The second-order valence-corrected chi connectivity index (χ2v) is 7.96. The third kappa shape index (κ3) is 3.29. The van der Waals surface area contributed by atoms with E-state index in [4.69, 9.17) is 0 Å². The third-order valence-corrected chi connectivity index (χ3v) is 5.38. The van der Waals surface area contributed by atoms with Crippen molar-refractivity contribution in [3.8, 4) is 0 Å². The molecule has 0 amide bonds. The van der Waals surface area contributed by atoms with Gasteiger partial charge in [-0.15, -0.1) is 0 Å². The van der Waals surface area contributed by atoms with Crippen molar-refractivity contribution in [2.75, 3.05) is 6.54 Å². The summed E-state index contributed by atoms with van der Waals surface area (Å²) < 4.78 is 0. The van der Waals surface area contributed by atoms with Crippen molar-refractivity contribution in [3.63, 3.8) is 0 Å². The molecule has 0 aromatic heterocycles. The van der Waals surface area contributed by atoms with Crippen molar-refractivity contribution < 1.29 is 0 Å². The molecule has 2 saturated carbocycles. The Morgan fingerprint density at radius 3 is 2.11 bits per heavy atom. The predicted molar refractivity (Wildman–Crippen MR) is 79.6 cm³/mol. The van der Waals surface area contributed by atoms with Gasteiger partial charge in [0.15, 0.2) is 0 Å². The standard InChI is InChI=1S/C17H33N/c1-6-7-18-16(15-11-17(15,4)5)14-9-12(2)8-13(3)10-14/h12-16,18H,6-11H2,1-5H3. The van der Waals surface area contributed by atoms with Crippen LogP contribution in [0, 0.1) is 29.1 Å². The fourth-order valence-electron chi connectivity index (χ4n) is 4.37. The Kier molecular flexibility index (Phi) is 4.41. The Balaban J connectivity index is 1.99. The summed E-state index contributed by atoms with van der Waals surface area (Å²) in [7, 11) is 0. The van der Waals surface area contributed by atoms with E-state index in [1.165, 1.54) is 38.6 Å². The van der Waals surface area contributed by atoms with Crippen LogP contribution in [-0.2, 0) is 0 Å². The van der Waals surface area contributed by atoms with Crippen molar-refractivity contribution in [2.24, 2.45) is 29.1 Å². The molecule has 0 bridgehead atoms. The van der Waals surface area contributed by atoms with Crippen molar-refractivity contribution in [1.82, 2.24) is 5.32 Å². The fourth-order valence-corrected chi connectivity index (χ4v) is 4.37. The van der Waals surface area contributed by atoms with E-state index >= 15 is 0 Å². The summed E-state index contributed by atoms with van der Waals surface area (Å²) >= 11 is 0. The maximum Gasteiger partial charge on any atom is 0.0129 e. The molecule has 0 spiro atoms. The van der Waals surface area contributed by atoms with E-state index in [1.54, 1.807) is 0 Å². The first-order valence-electron chi connectivity index (χ1n) is 8.17. The average molecular weight is 251 g/mol. The highest BCUT2D eigenvalue weighted by Gasteiger charge is 2.52. The lowest BCUT2D eigenvalue weighted by Gasteiger charge is -2.38. The first-order chi connectivity index (χ1) is 8.44. The van der Waals surface area contributed by atoms with E-state index in [0.29, 0.717) is 5.41 Å². The Hall–Kier alpha value is -0.0400. The van der Waals surface area contributed by atoms with Crippen LogP contribution in [0.4, 0.5) is 0 Å². The molecule has 2 fully saturated rings. The highest BCUT2D eigenvalue weighted by atomic mass is 14.9. The van der Waals surface area contributed by atoms with Gasteiger partial charge in [0.05, 0.1) is 0 Å². The van der Waals surface area contributed by atoms with Crippen LogP contribution in [0.1, 0.15) is 66.7 Å². The highest BCUT2D eigenvalue weighted by molar-refractivity contribution is 5.04. The number of rotatable bonds is 5. The molecule has 4 atom stereocenters. The molecule has 0 aromatic rings. The maximum atomic E-state index is 3.90. The molecular formula is C17H33N. The zero-order chi connectivity index (χ0) is 13.3. The molecule has 0 radical (unpaired) electrons. The molecule has 18 heavy (non-hydrogen) atoms. The average Bonchev–Trinajstić information content (AvgIpc) is 2.87. The van der Waals surface area contributed by atoms with Gasteiger partial charge in [-0.25, -0.2) is 0 Å². The minimum atomic E-state index is 0.606. The number of hydrogen-bond donors (Lipinski definition) is 1. The number of hydrogen-bond acceptors (Lipinski definition) is 1. The molecule has 4 unspecified atom stereocenters. The van der Waals surface area contributed by atoms with Gasteiger partial charge < -0.3 is 5.32 Å². The smallest absolute Gasteiger partial charge is 0.0129 e. The summed E-state index contributed by atoms with van der Waals surface area (Å²) in [4.78, 5) is 0. The predicted octanol–water partition coefficient (Wildman–Crippen LogP) is 4.47. The van der Waals surface area contributed by atoms with Crippen molar-refractivity contribution in [3.05, 3.63) is 0 Å². The molecule has 1 N–H and O–H groups in total. The molecule has 0 aromatic carbocycles. The molecule has 0 saturated heterocycles. The zero-order valence-corrected chi connectivity index (χ0v) is 13.1. The van der Waals surface area contributed by atoms with Crippen LogP contribution in [-0.4, -0.2) is 12.6 Å². The van der Waals surface area contributed by atoms with E-state index in [0.717, 1.165) is 29.7 Å².